The molecule has 0 aromatic carbocycles. The van der Waals surface area contributed by atoms with E-state index in [2.05, 4.69) is 11.9 Å². The lowest BCUT2D eigenvalue weighted by molar-refractivity contribution is -0.557. The average molecular weight is 283 g/mol. The summed E-state index contributed by atoms with van der Waals surface area (Å²) in [6.45, 7) is 4.72. The van der Waals surface area contributed by atoms with Crippen molar-refractivity contribution in [1.29, 1.82) is 0 Å². The highest BCUT2D eigenvalue weighted by Crippen LogP contribution is 2.55. The Hall–Kier alpha value is -0.690. The predicted octanol–water partition coefficient (Wildman–Crippen LogP) is 1.05. The molecule has 5 aliphatic rings. The quantitative estimate of drug-likeness (QED) is 0.489. The van der Waals surface area contributed by atoms with E-state index in [0.717, 1.165) is 25.8 Å². The molecule has 5 fully saturated rings. The van der Waals surface area contributed by atoms with Crippen molar-refractivity contribution < 1.29 is 24.0 Å². The second-order valence-corrected chi connectivity index (χ2v) is 6.76. The second-order valence-electron chi connectivity index (χ2n) is 6.76. The smallest absolute Gasteiger partial charge is 0.311 e. The van der Waals surface area contributed by atoms with Gasteiger partial charge in [0.05, 0.1) is 5.92 Å². The lowest BCUT2D eigenvalue weighted by Gasteiger charge is -2.58. The Balaban J connectivity index is 1.84. The van der Waals surface area contributed by atoms with Crippen LogP contribution in [-0.2, 0) is 24.0 Å². The molecule has 0 amide bonds. The zero-order valence-electron chi connectivity index (χ0n) is 12.1. The molecule has 0 aromatic heterocycles. The van der Waals surface area contributed by atoms with E-state index in [4.69, 9.17) is 19.2 Å². The first-order valence-corrected chi connectivity index (χ1v) is 7.42. The Morgan fingerprint density at radius 2 is 2.10 bits per heavy atom. The lowest BCUT2D eigenvalue weighted by atomic mass is 9.67. The van der Waals surface area contributed by atoms with Gasteiger partial charge in [0.25, 0.3) is 0 Å². The Morgan fingerprint density at radius 1 is 1.30 bits per heavy atom. The molecule has 0 N–H and O–H groups in total. The number of esters is 1. The van der Waals surface area contributed by atoms with Gasteiger partial charge < -0.3 is 14.4 Å². The maximum Gasteiger partial charge on any atom is 0.311 e. The highest BCUT2D eigenvalue weighted by Gasteiger charge is 2.70. The molecular weight excluding hydrogens is 262 g/mol. The zero-order chi connectivity index (χ0) is 14.1. The summed E-state index contributed by atoms with van der Waals surface area (Å²) in [6.07, 6.45) is 1.89. The molecule has 0 unspecified atom stereocenters. The molecule has 2 bridgehead atoms. The largest absolute Gasteiger partial charge is 0.432 e. The summed E-state index contributed by atoms with van der Waals surface area (Å²) in [6, 6.07) is 0.158. The molecule has 5 saturated heterocycles. The lowest BCUT2D eigenvalue weighted by Crippen LogP contribution is -2.73. The van der Waals surface area contributed by atoms with Crippen molar-refractivity contribution in [2.75, 3.05) is 13.6 Å². The van der Waals surface area contributed by atoms with Crippen LogP contribution in [-0.4, -0.2) is 48.2 Å². The Labute approximate surface area is 118 Å². The molecule has 0 aliphatic carbocycles. The molecule has 1 spiro atoms. The molecule has 20 heavy (non-hydrogen) atoms. The standard InChI is InChI=1S/C14H21NO5/c1-8-9-5-7-15(3)10-4-6-13(2)18-12(17-11(8)16)14(9,10)20-19-13/h8-10,12H,4-7H2,1-3H3/t8-,9+,10-,12-,13-,14+/m1/s1. The number of carbonyl (C=O) groups is 1. The minimum absolute atomic E-state index is 0.0811. The van der Waals surface area contributed by atoms with Gasteiger partial charge in [-0.05, 0) is 33.4 Å². The molecule has 0 saturated carbocycles. The van der Waals surface area contributed by atoms with Gasteiger partial charge in [-0.1, -0.05) is 6.92 Å². The highest BCUT2D eigenvalue weighted by molar-refractivity contribution is 5.74. The van der Waals surface area contributed by atoms with E-state index in [1.165, 1.54) is 0 Å². The fraction of sp³-hybridized carbons (Fsp3) is 0.929. The first-order chi connectivity index (χ1) is 9.46. The third-order valence-corrected chi connectivity index (χ3v) is 5.58. The van der Waals surface area contributed by atoms with Crippen LogP contribution in [0.5, 0.6) is 0 Å². The van der Waals surface area contributed by atoms with Crippen molar-refractivity contribution in [2.45, 2.75) is 56.8 Å². The fourth-order valence-corrected chi connectivity index (χ4v) is 4.38. The van der Waals surface area contributed by atoms with Crippen molar-refractivity contribution in [3.8, 4) is 0 Å². The van der Waals surface area contributed by atoms with Crippen LogP contribution < -0.4 is 0 Å². The van der Waals surface area contributed by atoms with Gasteiger partial charge in [-0.2, -0.15) is 0 Å². The van der Waals surface area contributed by atoms with E-state index in [0.29, 0.717) is 0 Å². The van der Waals surface area contributed by atoms with Crippen molar-refractivity contribution in [3.63, 3.8) is 0 Å². The number of likely N-dealkylation sites (tertiary alicyclic amines) is 1. The number of likely N-dealkylation sites (N-methyl/N-ethyl adjacent to an activating group) is 1. The molecule has 6 heteroatoms. The van der Waals surface area contributed by atoms with E-state index in [1.807, 2.05) is 13.8 Å². The van der Waals surface area contributed by atoms with Crippen LogP contribution in [0, 0.1) is 11.8 Å². The summed E-state index contributed by atoms with van der Waals surface area (Å²) in [5.41, 5.74) is -0.684. The van der Waals surface area contributed by atoms with Crippen molar-refractivity contribution in [1.82, 2.24) is 4.90 Å². The van der Waals surface area contributed by atoms with E-state index in [-0.39, 0.29) is 23.8 Å². The SMILES string of the molecule is C[C@H]1C(=O)O[C@@H]2O[C@@]3(C)CC[C@H]4N(C)CC[C@@H]1[C@@]24OO3. The molecule has 6 atom stereocenters. The maximum absolute atomic E-state index is 12.1. The minimum Gasteiger partial charge on any atom is -0.432 e. The Morgan fingerprint density at radius 3 is 2.90 bits per heavy atom. The monoisotopic (exact) mass is 283 g/mol. The number of nitrogens with zero attached hydrogens (tertiary/aromatic N) is 1. The van der Waals surface area contributed by atoms with Crippen LogP contribution in [0.1, 0.15) is 33.1 Å². The van der Waals surface area contributed by atoms with Gasteiger partial charge in [0.15, 0.2) is 5.60 Å². The van der Waals surface area contributed by atoms with Crippen LogP contribution in [0.15, 0.2) is 0 Å². The number of ether oxygens (including phenoxy) is 2. The van der Waals surface area contributed by atoms with Crippen molar-refractivity contribution >= 4 is 5.97 Å². The predicted molar refractivity (Wildman–Crippen MR) is 67.2 cm³/mol. The van der Waals surface area contributed by atoms with Crippen LogP contribution in [0.4, 0.5) is 0 Å². The highest BCUT2D eigenvalue weighted by atomic mass is 17.3. The fourth-order valence-electron chi connectivity index (χ4n) is 4.38. The summed E-state index contributed by atoms with van der Waals surface area (Å²) in [4.78, 5) is 25.9. The van der Waals surface area contributed by atoms with Gasteiger partial charge in [0.1, 0.15) is 0 Å². The summed E-state index contributed by atoms with van der Waals surface area (Å²) in [5, 5.41) is 0. The molecule has 5 rings (SSSR count). The summed E-state index contributed by atoms with van der Waals surface area (Å²) < 4.78 is 11.5. The molecule has 5 aliphatic heterocycles. The number of carbonyl (C=O) groups excluding carboxylic acids is 1. The van der Waals surface area contributed by atoms with Gasteiger partial charge in [-0.25, -0.2) is 9.78 Å². The third kappa shape index (κ3) is 1.45. The molecule has 5 heterocycles. The maximum atomic E-state index is 12.1. The van der Waals surface area contributed by atoms with Crippen LogP contribution in [0.3, 0.4) is 0 Å². The number of hydrogen-bond donors (Lipinski definition) is 0. The number of fused-ring (bicyclic) bond motifs is 2. The first kappa shape index (κ1) is 13.0. The van der Waals surface area contributed by atoms with Gasteiger partial charge in [-0.15, -0.1) is 0 Å². The molecular formula is C14H21NO5. The van der Waals surface area contributed by atoms with Crippen molar-refractivity contribution in [2.24, 2.45) is 11.8 Å². The molecule has 0 radical (unpaired) electrons. The molecule has 6 nitrogen and oxygen atoms in total. The number of hydrogen-bond acceptors (Lipinski definition) is 6. The average Bonchev–Trinajstić information content (AvgIpc) is 2.63. The van der Waals surface area contributed by atoms with Crippen LogP contribution >= 0.6 is 0 Å². The topological polar surface area (TPSA) is 57.2 Å². The van der Waals surface area contributed by atoms with E-state index >= 15 is 0 Å². The number of rotatable bonds is 0. The van der Waals surface area contributed by atoms with Crippen molar-refractivity contribution in [3.05, 3.63) is 0 Å². The Kier molecular flexibility index (Phi) is 2.56. The third-order valence-electron chi connectivity index (χ3n) is 5.58. The zero-order valence-corrected chi connectivity index (χ0v) is 12.1. The van der Waals surface area contributed by atoms with Crippen LogP contribution in [0.25, 0.3) is 0 Å². The summed E-state index contributed by atoms with van der Waals surface area (Å²) in [7, 11) is 2.10. The summed E-state index contributed by atoms with van der Waals surface area (Å²) in [5.74, 6) is -1.11. The number of piperidine rings is 1. The van der Waals surface area contributed by atoms with Gasteiger partial charge >= 0.3 is 5.97 Å². The molecule has 0 aromatic rings. The van der Waals surface area contributed by atoms with E-state index in [9.17, 15) is 4.79 Å². The molecule has 112 valence electrons. The summed E-state index contributed by atoms with van der Waals surface area (Å²) >= 11 is 0. The van der Waals surface area contributed by atoms with E-state index < -0.39 is 17.7 Å². The van der Waals surface area contributed by atoms with Gasteiger partial charge in [0.2, 0.25) is 12.1 Å². The normalized spacial score (nSPS) is 55.0. The Bertz CT molecular complexity index is 457. The van der Waals surface area contributed by atoms with E-state index in [1.54, 1.807) is 0 Å². The first-order valence-electron chi connectivity index (χ1n) is 7.42. The minimum atomic E-state index is -0.820. The second kappa shape index (κ2) is 3.94. The van der Waals surface area contributed by atoms with Gasteiger partial charge in [-0.3, -0.25) is 4.79 Å². The van der Waals surface area contributed by atoms with Gasteiger partial charge in [0, 0.05) is 18.4 Å². The van der Waals surface area contributed by atoms with Crippen LogP contribution in [0.2, 0.25) is 0 Å².